The summed E-state index contributed by atoms with van der Waals surface area (Å²) in [6, 6.07) is 0. The molecule has 1 rings (SSSR count). The van der Waals surface area contributed by atoms with E-state index in [2.05, 4.69) is 5.32 Å². The normalized spacial score (nSPS) is 17.9. The lowest BCUT2D eigenvalue weighted by molar-refractivity contribution is -0.138. The Morgan fingerprint density at radius 3 is 2.25 bits per heavy atom. The van der Waals surface area contributed by atoms with Gasteiger partial charge in [-0.25, -0.2) is 12.7 Å². The number of aliphatic hydroxyl groups is 2. The van der Waals surface area contributed by atoms with Gasteiger partial charge in [0.05, 0.1) is 12.9 Å². The molecule has 1 atom stereocenters. The van der Waals surface area contributed by atoms with E-state index in [1.54, 1.807) is 13.8 Å². The Morgan fingerprint density at radius 2 is 1.75 bits per heavy atom. The van der Waals surface area contributed by atoms with Gasteiger partial charge in [0.25, 0.3) is 5.91 Å². The summed E-state index contributed by atoms with van der Waals surface area (Å²) in [6.45, 7) is 3.90. The maximum absolute atomic E-state index is 11.9. The Labute approximate surface area is 166 Å². The van der Waals surface area contributed by atoms with Crippen molar-refractivity contribution in [3.05, 3.63) is 0 Å². The number of rotatable bonds is 11. The van der Waals surface area contributed by atoms with E-state index in [0.29, 0.717) is 32.5 Å². The number of sulfonamides is 1. The third-order valence-corrected chi connectivity index (χ3v) is 6.43. The van der Waals surface area contributed by atoms with E-state index >= 15 is 0 Å². The number of hydrogen-bond donors (Lipinski definition) is 3. The van der Waals surface area contributed by atoms with Crippen molar-refractivity contribution >= 4 is 27.5 Å². The number of amides is 1. The molecular weight excluding hydrogens is 388 g/mol. The first-order chi connectivity index (χ1) is 12.9. The Kier molecular flexibility index (Phi) is 9.19. The molecule has 0 spiro atoms. The highest BCUT2D eigenvalue weighted by Crippen LogP contribution is 2.22. The lowest BCUT2D eigenvalue weighted by Gasteiger charge is -2.30. The Hall–Kier alpha value is -1.36. The molecular formula is C18H32N2O7S. The summed E-state index contributed by atoms with van der Waals surface area (Å²) in [4.78, 5) is 35.7. The number of carbonyl (C=O) groups excluding carboxylic acids is 3. The van der Waals surface area contributed by atoms with E-state index in [0.717, 1.165) is 0 Å². The van der Waals surface area contributed by atoms with Crippen LogP contribution >= 0.6 is 0 Å². The number of piperidine rings is 1. The molecule has 10 heteroatoms. The third kappa shape index (κ3) is 7.57. The van der Waals surface area contributed by atoms with Gasteiger partial charge in [-0.15, -0.1) is 0 Å². The summed E-state index contributed by atoms with van der Waals surface area (Å²) < 4.78 is 24.3. The van der Waals surface area contributed by atoms with E-state index in [9.17, 15) is 27.9 Å². The topological polar surface area (TPSA) is 141 Å². The van der Waals surface area contributed by atoms with Crippen molar-refractivity contribution in [3.63, 3.8) is 0 Å². The van der Waals surface area contributed by atoms with E-state index < -0.39 is 39.0 Å². The monoisotopic (exact) mass is 420 g/mol. The second-order valence-electron chi connectivity index (χ2n) is 8.11. The largest absolute Gasteiger partial charge is 0.396 e. The van der Waals surface area contributed by atoms with Gasteiger partial charge in [-0.05, 0) is 25.2 Å². The molecule has 3 N–H and O–H groups in total. The quantitative estimate of drug-likeness (QED) is 0.381. The van der Waals surface area contributed by atoms with Crippen LogP contribution in [0.1, 0.15) is 46.0 Å². The molecule has 0 radical (unpaired) electrons. The Bertz CT molecular complexity index is 667. The first kappa shape index (κ1) is 24.7. The van der Waals surface area contributed by atoms with Crippen molar-refractivity contribution in [2.45, 2.75) is 52.1 Å². The van der Waals surface area contributed by atoms with E-state index in [-0.39, 0.29) is 31.8 Å². The molecule has 1 amide bonds. The Morgan fingerprint density at radius 1 is 1.18 bits per heavy atom. The van der Waals surface area contributed by atoms with Crippen LogP contribution in [0.3, 0.4) is 0 Å². The summed E-state index contributed by atoms with van der Waals surface area (Å²) in [5, 5.41) is 21.6. The van der Waals surface area contributed by atoms with Crippen molar-refractivity contribution < 1.29 is 33.0 Å². The van der Waals surface area contributed by atoms with Crippen molar-refractivity contribution in [2.75, 3.05) is 32.5 Å². The first-order valence-electron chi connectivity index (χ1n) is 9.46. The van der Waals surface area contributed by atoms with Gasteiger partial charge in [0.2, 0.25) is 15.8 Å². The summed E-state index contributed by atoms with van der Waals surface area (Å²) in [5.74, 6) is -1.69. The number of aliphatic hydroxyl groups excluding tert-OH is 2. The lowest BCUT2D eigenvalue weighted by atomic mass is 9.84. The maximum atomic E-state index is 11.9. The van der Waals surface area contributed by atoms with Crippen molar-refractivity contribution in [2.24, 2.45) is 11.3 Å². The summed E-state index contributed by atoms with van der Waals surface area (Å²) in [6.07, 6.45) is 1.09. The minimum Gasteiger partial charge on any atom is -0.396 e. The van der Waals surface area contributed by atoms with Crippen molar-refractivity contribution in [1.82, 2.24) is 9.62 Å². The molecule has 9 nitrogen and oxygen atoms in total. The fraction of sp³-hybridized carbons (Fsp3) is 0.833. The molecule has 1 fully saturated rings. The van der Waals surface area contributed by atoms with Crippen LogP contribution in [-0.2, 0) is 24.4 Å². The summed E-state index contributed by atoms with van der Waals surface area (Å²) in [5.41, 5.74) is -0.953. The van der Waals surface area contributed by atoms with Gasteiger partial charge in [0.1, 0.15) is 6.10 Å². The molecule has 0 aromatic heterocycles. The van der Waals surface area contributed by atoms with E-state index in [4.69, 9.17) is 5.11 Å². The minimum atomic E-state index is -3.20. The second kappa shape index (κ2) is 10.4. The van der Waals surface area contributed by atoms with E-state index in [1.807, 2.05) is 0 Å². The highest BCUT2D eigenvalue weighted by atomic mass is 32.2. The molecule has 162 valence electrons. The van der Waals surface area contributed by atoms with Crippen LogP contribution in [0.2, 0.25) is 0 Å². The molecule has 28 heavy (non-hydrogen) atoms. The third-order valence-electron chi connectivity index (χ3n) is 5.13. The van der Waals surface area contributed by atoms with Crippen molar-refractivity contribution in [3.8, 4) is 0 Å². The predicted molar refractivity (Wildman–Crippen MR) is 103 cm³/mol. The standard InChI is InChI=1S/C18H32N2O7S/c1-18(2,12-21)16(24)14(22)5-4-6-15(23)17(25)19-11-13-7-9-20(10-8-13)28(3,26)27/h13,16,21,24H,4-12H2,1-3H3,(H,19,25)/t16-/m0/s1. The number of ketones is 2. The second-order valence-corrected chi connectivity index (χ2v) is 10.1. The van der Waals surface area contributed by atoms with Gasteiger partial charge in [0, 0.05) is 37.9 Å². The fourth-order valence-electron chi connectivity index (χ4n) is 2.98. The Balaban J connectivity index is 2.29. The van der Waals surface area contributed by atoms with Gasteiger partial charge < -0.3 is 15.5 Å². The average Bonchev–Trinajstić information content (AvgIpc) is 2.64. The zero-order valence-corrected chi connectivity index (χ0v) is 17.6. The molecule has 1 saturated heterocycles. The maximum Gasteiger partial charge on any atom is 0.287 e. The first-order valence-corrected chi connectivity index (χ1v) is 11.3. The number of Topliss-reactive ketones (excluding diaryl/α,β-unsaturated/α-hetero) is 2. The SMILES string of the molecule is CC(C)(CO)[C@@H](O)C(=O)CCCC(=O)C(=O)NCC1CCN(S(C)(=O)=O)CC1. The lowest BCUT2D eigenvalue weighted by Crippen LogP contribution is -2.42. The van der Waals surface area contributed by atoms with Crippen LogP contribution in [0, 0.1) is 11.3 Å². The molecule has 0 saturated carbocycles. The van der Waals surface area contributed by atoms with Crippen LogP contribution < -0.4 is 5.32 Å². The van der Waals surface area contributed by atoms with E-state index in [1.165, 1.54) is 10.6 Å². The van der Waals surface area contributed by atoms with Crippen LogP contribution in [0.25, 0.3) is 0 Å². The van der Waals surface area contributed by atoms with Gasteiger partial charge >= 0.3 is 0 Å². The minimum absolute atomic E-state index is 0.0480. The van der Waals surface area contributed by atoms with Gasteiger partial charge in [-0.2, -0.15) is 0 Å². The molecule has 0 unspecified atom stereocenters. The number of carbonyl (C=O) groups is 3. The van der Waals surface area contributed by atoms with Gasteiger partial charge in [0.15, 0.2) is 5.78 Å². The fourth-order valence-corrected chi connectivity index (χ4v) is 3.85. The molecule has 1 aliphatic rings. The summed E-state index contributed by atoms with van der Waals surface area (Å²) in [7, 11) is -3.20. The molecule has 0 bridgehead atoms. The number of hydrogen-bond acceptors (Lipinski definition) is 7. The smallest absolute Gasteiger partial charge is 0.287 e. The van der Waals surface area contributed by atoms with Gasteiger partial charge in [-0.3, -0.25) is 14.4 Å². The van der Waals surface area contributed by atoms with Crippen LogP contribution in [0.5, 0.6) is 0 Å². The molecule has 0 aromatic rings. The molecule has 0 aromatic carbocycles. The highest BCUT2D eigenvalue weighted by Gasteiger charge is 2.32. The molecule has 0 aliphatic carbocycles. The van der Waals surface area contributed by atoms with Crippen LogP contribution in [0.4, 0.5) is 0 Å². The molecule has 1 aliphatic heterocycles. The average molecular weight is 421 g/mol. The predicted octanol–water partition coefficient (Wildman–Crippen LogP) is -0.538. The molecule has 1 heterocycles. The van der Waals surface area contributed by atoms with Gasteiger partial charge in [-0.1, -0.05) is 13.8 Å². The van der Waals surface area contributed by atoms with Crippen LogP contribution in [0.15, 0.2) is 0 Å². The number of nitrogens with one attached hydrogen (secondary N) is 1. The summed E-state index contributed by atoms with van der Waals surface area (Å²) >= 11 is 0. The highest BCUT2D eigenvalue weighted by molar-refractivity contribution is 7.88. The zero-order valence-electron chi connectivity index (χ0n) is 16.8. The van der Waals surface area contributed by atoms with Crippen LogP contribution in [-0.4, -0.2) is 79.0 Å². The zero-order chi connectivity index (χ0) is 21.5. The van der Waals surface area contributed by atoms with Crippen molar-refractivity contribution in [1.29, 1.82) is 0 Å². The number of nitrogens with zero attached hydrogens (tertiary/aromatic N) is 1.